The second-order valence-corrected chi connectivity index (χ2v) is 10.5. The third-order valence-corrected chi connectivity index (χ3v) is 7.95. The number of anilines is 1. The number of ether oxygens (including phenoxy) is 1. The van der Waals surface area contributed by atoms with Crippen LogP contribution in [0.1, 0.15) is 40.4 Å². The van der Waals surface area contributed by atoms with E-state index in [0.717, 1.165) is 61.1 Å². The largest absolute Gasteiger partial charge is 0.381 e. The SMILES string of the molecule is Cc1cc2[nH]c(=O)c3cnn(C4CCOCC4)c3c2cc1C(=O)NCc1ccc(N2CCN(C)CC2)cc1. The van der Waals surface area contributed by atoms with Gasteiger partial charge in [0.25, 0.3) is 11.5 Å². The number of aromatic nitrogens is 3. The van der Waals surface area contributed by atoms with Gasteiger partial charge < -0.3 is 24.8 Å². The number of aromatic amines is 1. The fourth-order valence-electron chi connectivity index (χ4n) is 5.61. The number of nitrogens with zero attached hydrogens (tertiary/aromatic N) is 4. The number of amides is 1. The quantitative estimate of drug-likeness (QED) is 0.425. The van der Waals surface area contributed by atoms with Crippen LogP contribution in [0.5, 0.6) is 0 Å². The molecule has 0 atom stereocenters. The van der Waals surface area contributed by atoms with Gasteiger partial charge in [-0.1, -0.05) is 12.1 Å². The predicted octanol–water partition coefficient (Wildman–Crippen LogP) is 3.22. The van der Waals surface area contributed by atoms with Crippen molar-refractivity contribution in [3.05, 3.63) is 69.6 Å². The van der Waals surface area contributed by atoms with Gasteiger partial charge in [-0.15, -0.1) is 0 Å². The Morgan fingerprint density at radius 1 is 1.08 bits per heavy atom. The Hall–Kier alpha value is -3.69. The number of carbonyl (C=O) groups is 1. The number of hydrogen-bond acceptors (Lipinski definition) is 6. The Kier molecular flexibility index (Phi) is 6.63. The van der Waals surface area contributed by atoms with Crippen molar-refractivity contribution in [1.82, 2.24) is 25.0 Å². The maximum absolute atomic E-state index is 13.3. The molecular weight excluding hydrogens is 480 g/mol. The molecule has 2 saturated heterocycles. The third-order valence-electron chi connectivity index (χ3n) is 7.95. The summed E-state index contributed by atoms with van der Waals surface area (Å²) >= 11 is 0. The van der Waals surface area contributed by atoms with Crippen LogP contribution in [0, 0.1) is 6.92 Å². The van der Waals surface area contributed by atoms with Gasteiger partial charge in [0.15, 0.2) is 0 Å². The Morgan fingerprint density at radius 2 is 1.82 bits per heavy atom. The highest BCUT2D eigenvalue weighted by molar-refractivity contribution is 6.07. The van der Waals surface area contributed by atoms with Crippen LogP contribution < -0.4 is 15.8 Å². The topological polar surface area (TPSA) is 95.5 Å². The first-order valence-corrected chi connectivity index (χ1v) is 13.4. The molecule has 0 spiro atoms. The zero-order valence-electron chi connectivity index (χ0n) is 22.0. The van der Waals surface area contributed by atoms with E-state index >= 15 is 0 Å². The van der Waals surface area contributed by atoms with Gasteiger partial charge >= 0.3 is 0 Å². The lowest BCUT2D eigenvalue weighted by Gasteiger charge is -2.34. The minimum atomic E-state index is -0.164. The highest BCUT2D eigenvalue weighted by Crippen LogP contribution is 2.30. The zero-order valence-corrected chi connectivity index (χ0v) is 22.0. The van der Waals surface area contributed by atoms with Crippen molar-refractivity contribution in [1.29, 1.82) is 0 Å². The van der Waals surface area contributed by atoms with Crippen molar-refractivity contribution in [2.45, 2.75) is 32.4 Å². The summed E-state index contributed by atoms with van der Waals surface area (Å²) < 4.78 is 7.48. The Bertz CT molecular complexity index is 1530. The molecule has 6 rings (SSSR count). The lowest BCUT2D eigenvalue weighted by Crippen LogP contribution is -2.44. The molecule has 2 N–H and O–H groups in total. The van der Waals surface area contributed by atoms with Crippen LogP contribution in [0.3, 0.4) is 0 Å². The van der Waals surface area contributed by atoms with Gasteiger partial charge in [0.2, 0.25) is 0 Å². The van der Waals surface area contributed by atoms with Gasteiger partial charge in [-0.25, -0.2) is 0 Å². The van der Waals surface area contributed by atoms with E-state index in [-0.39, 0.29) is 17.5 Å². The number of H-pyrrole nitrogens is 1. The monoisotopic (exact) mass is 514 g/mol. The summed E-state index contributed by atoms with van der Waals surface area (Å²) in [6.07, 6.45) is 3.32. The molecule has 2 fully saturated rings. The molecule has 2 aromatic heterocycles. The van der Waals surface area contributed by atoms with Gasteiger partial charge in [-0.2, -0.15) is 5.10 Å². The molecule has 1 amide bonds. The van der Waals surface area contributed by atoms with Gasteiger partial charge in [-0.05, 0) is 62.2 Å². The summed E-state index contributed by atoms with van der Waals surface area (Å²) in [7, 11) is 2.16. The highest BCUT2D eigenvalue weighted by Gasteiger charge is 2.22. The fourth-order valence-corrected chi connectivity index (χ4v) is 5.61. The molecule has 0 saturated carbocycles. The van der Waals surface area contributed by atoms with E-state index in [2.05, 4.69) is 56.5 Å². The fraction of sp³-hybridized carbons (Fsp3) is 0.414. The van der Waals surface area contributed by atoms with Crippen molar-refractivity contribution in [2.75, 3.05) is 51.3 Å². The Balaban J connectivity index is 1.25. The van der Waals surface area contributed by atoms with Crippen molar-refractivity contribution in [3.8, 4) is 0 Å². The molecular formula is C29H34N6O3. The minimum Gasteiger partial charge on any atom is -0.381 e. The van der Waals surface area contributed by atoms with E-state index in [1.165, 1.54) is 5.69 Å². The molecule has 2 aromatic carbocycles. The van der Waals surface area contributed by atoms with Crippen LogP contribution in [0.4, 0.5) is 5.69 Å². The second kappa shape index (κ2) is 10.2. The molecule has 0 radical (unpaired) electrons. The smallest absolute Gasteiger partial charge is 0.259 e. The Morgan fingerprint density at radius 3 is 2.55 bits per heavy atom. The van der Waals surface area contributed by atoms with Crippen LogP contribution in [-0.4, -0.2) is 72.0 Å². The number of rotatable bonds is 5. The standard InChI is InChI=1S/C29H34N6O3/c1-19-15-26-24(27-25(29(37)32-26)18-31-35(27)22-7-13-38-14-8-22)16-23(19)28(36)30-17-20-3-5-21(6-4-20)34-11-9-33(2)10-12-34/h3-6,15-16,18,22H,7-14,17H2,1-2H3,(H,30,36)(H,32,37). The first-order chi connectivity index (χ1) is 18.5. The van der Waals surface area contributed by atoms with Gasteiger partial charge in [0, 0.05) is 62.6 Å². The molecule has 9 heteroatoms. The summed E-state index contributed by atoms with van der Waals surface area (Å²) in [5.74, 6) is -0.135. The molecule has 9 nitrogen and oxygen atoms in total. The average molecular weight is 515 g/mol. The number of carbonyl (C=O) groups excluding carboxylic acids is 1. The van der Waals surface area contributed by atoms with E-state index in [0.29, 0.717) is 36.2 Å². The highest BCUT2D eigenvalue weighted by atomic mass is 16.5. The normalized spacial score (nSPS) is 17.4. The molecule has 4 heterocycles. The number of piperazine rings is 1. The van der Waals surface area contributed by atoms with E-state index < -0.39 is 0 Å². The number of hydrogen-bond donors (Lipinski definition) is 2. The summed E-state index contributed by atoms with van der Waals surface area (Å²) in [6.45, 7) is 7.89. The maximum Gasteiger partial charge on any atom is 0.259 e. The number of likely N-dealkylation sites (N-methyl/N-ethyl adjacent to an activating group) is 1. The minimum absolute atomic E-state index is 0.135. The summed E-state index contributed by atoms with van der Waals surface area (Å²) in [5, 5.41) is 9.04. The maximum atomic E-state index is 13.3. The zero-order chi connectivity index (χ0) is 26.2. The van der Waals surface area contributed by atoms with E-state index in [1.807, 2.05) is 23.7 Å². The number of benzene rings is 2. The van der Waals surface area contributed by atoms with Gasteiger partial charge in [0.1, 0.15) is 0 Å². The molecule has 0 bridgehead atoms. The summed E-state index contributed by atoms with van der Waals surface area (Å²) in [6, 6.07) is 12.4. The summed E-state index contributed by atoms with van der Waals surface area (Å²) in [4.78, 5) is 33.8. The Labute approximate surface area is 221 Å². The van der Waals surface area contributed by atoms with Gasteiger partial charge in [-0.3, -0.25) is 14.3 Å². The van der Waals surface area contributed by atoms with Crippen LogP contribution in [-0.2, 0) is 11.3 Å². The van der Waals surface area contributed by atoms with Crippen LogP contribution in [0.25, 0.3) is 21.8 Å². The number of aryl methyl sites for hydroxylation is 1. The van der Waals surface area contributed by atoms with Crippen molar-refractivity contribution >= 4 is 33.4 Å². The molecule has 2 aliphatic rings. The van der Waals surface area contributed by atoms with E-state index in [9.17, 15) is 9.59 Å². The average Bonchev–Trinajstić information content (AvgIpc) is 3.39. The molecule has 4 aromatic rings. The lowest BCUT2D eigenvalue weighted by atomic mass is 10.0. The predicted molar refractivity (Wildman–Crippen MR) is 149 cm³/mol. The third kappa shape index (κ3) is 4.68. The second-order valence-electron chi connectivity index (χ2n) is 10.5. The van der Waals surface area contributed by atoms with Crippen molar-refractivity contribution < 1.29 is 9.53 Å². The van der Waals surface area contributed by atoms with E-state index in [4.69, 9.17) is 4.74 Å². The number of pyridine rings is 1. The van der Waals surface area contributed by atoms with Crippen LogP contribution in [0.15, 0.2) is 47.4 Å². The molecule has 0 unspecified atom stereocenters. The van der Waals surface area contributed by atoms with Crippen LogP contribution in [0.2, 0.25) is 0 Å². The van der Waals surface area contributed by atoms with Crippen molar-refractivity contribution in [2.24, 2.45) is 0 Å². The first kappa shape index (κ1) is 24.6. The van der Waals surface area contributed by atoms with Gasteiger partial charge in [0.05, 0.1) is 28.7 Å². The number of nitrogens with one attached hydrogen (secondary N) is 2. The first-order valence-electron chi connectivity index (χ1n) is 13.4. The van der Waals surface area contributed by atoms with Crippen LogP contribution >= 0.6 is 0 Å². The summed E-state index contributed by atoms with van der Waals surface area (Å²) in [5.41, 5.74) is 5.01. The molecule has 0 aliphatic carbocycles. The molecule has 198 valence electrons. The van der Waals surface area contributed by atoms with Crippen molar-refractivity contribution in [3.63, 3.8) is 0 Å². The molecule has 38 heavy (non-hydrogen) atoms. The van der Waals surface area contributed by atoms with E-state index in [1.54, 1.807) is 6.20 Å². The number of fused-ring (bicyclic) bond motifs is 3. The molecule has 2 aliphatic heterocycles. The lowest BCUT2D eigenvalue weighted by molar-refractivity contribution is 0.0675.